The van der Waals surface area contributed by atoms with Crippen LogP contribution in [0.4, 0.5) is 10.6 Å². The van der Waals surface area contributed by atoms with E-state index in [-0.39, 0.29) is 12.5 Å². The minimum Gasteiger partial charge on any atom is -0.447 e. The fourth-order valence-corrected chi connectivity index (χ4v) is 2.68. The number of hydrogen-bond donors (Lipinski definition) is 2. The lowest BCUT2D eigenvalue weighted by atomic mass is 10.2. The molecule has 0 saturated carbocycles. The van der Waals surface area contributed by atoms with Crippen molar-refractivity contribution < 1.29 is 14.3 Å². The predicted molar refractivity (Wildman–Crippen MR) is 95.6 cm³/mol. The second-order valence-electron chi connectivity index (χ2n) is 5.99. The Balaban J connectivity index is 1.58. The van der Waals surface area contributed by atoms with Gasteiger partial charge in [0.1, 0.15) is 18.5 Å². The van der Waals surface area contributed by atoms with Gasteiger partial charge in [0.2, 0.25) is 5.91 Å². The molecule has 0 bridgehead atoms. The van der Waals surface area contributed by atoms with Crippen molar-refractivity contribution in [1.29, 1.82) is 0 Å². The Bertz CT molecular complexity index is 768. The van der Waals surface area contributed by atoms with Gasteiger partial charge in [-0.25, -0.2) is 9.78 Å². The third-order valence-electron chi connectivity index (χ3n) is 4.10. The van der Waals surface area contributed by atoms with Crippen LogP contribution in [0.5, 0.6) is 0 Å². The Morgan fingerprint density at radius 1 is 1.31 bits per heavy atom. The average molecular weight is 355 g/mol. The molecule has 26 heavy (non-hydrogen) atoms. The maximum absolute atomic E-state index is 12.1. The number of cyclic esters (lactones) is 1. The van der Waals surface area contributed by atoms with Crippen molar-refractivity contribution in [3.8, 4) is 0 Å². The fourth-order valence-electron chi connectivity index (χ4n) is 2.68. The van der Waals surface area contributed by atoms with E-state index >= 15 is 0 Å². The number of hydrogen-bond acceptors (Lipinski definition) is 6. The van der Waals surface area contributed by atoms with Gasteiger partial charge in [-0.05, 0) is 18.2 Å². The van der Waals surface area contributed by atoms with Crippen LogP contribution < -0.4 is 15.5 Å². The van der Waals surface area contributed by atoms with E-state index in [1.807, 2.05) is 42.3 Å². The topological polar surface area (TPSA) is 96.5 Å². The summed E-state index contributed by atoms with van der Waals surface area (Å²) >= 11 is 0. The van der Waals surface area contributed by atoms with Crippen LogP contribution in [-0.2, 0) is 22.5 Å². The van der Waals surface area contributed by atoms with Crippen LogP contribution in [-0.4, -0.2) is 48.2 Å². The van der Waals surface area contributed by atoms with Crippen molar-refractivity contribution in [2.45, 2.75) is 19.0 Å². The van der Waals surface area contributed by atoms with E-state index in [0.717, 1.165) is 30.0 Å². The maximum atomic E-state index is 12.1. The molecule has 3 heterocycles. The molecule has 1 atom stereocenters. The Morgan fingerprint density at radius 2 is 2.15 bits per heavy atom. The molecule has 0 radical (unpaired) electrons. The van der Waals surface area contributed by atoms with Crippen molar-refractivity contribution in [3.63, 3.8) is 0 Å². The van der Waals surface area contributed by atoms with E-state index in [1.165, 1.54) is 0 Å². The molecule has 3 rings (SSSR count). The second-order valence-corrected chi connectivity index (χ2v) is 5.99. The van der Waals surface area contributed by atoms with E-state index in [9.17, 15) is 9.59 Å². The smallest absolute Gasteiger partial charge is 0.407 e. The maximum Gasteiger partial charge on any atom is 0.407 e. The molecule has 1 unspecified atom stereocenters. The molecule has 8 nitrogen and oxygen atoms in total. The van der Waals surface area contributed by atoms with Gasteiger partial charge >= 0.3 is 6.09 Å². The first-order valence-corrected chi connectivity index (χ1v) is 8.39. The number of amides is 2. The minimum atomic E-state index is -0.649. The van der Waals surface area contributed by atoms with Crippen LogP contribution in [0.25, 0.3) is 0 Å². The third kappa shape index (κ3) is 4.47. The van der Waals surface area contributed by atoms with Crippen molar-refractivity contribution in [3.05, 3.63) is 54.0 Å². The summed E-state index contributed by atoms with van der Waals surface area (Å²) in [6.07, 6.45) is 3.73. The SMILES string of the molecule is CN(CCc1ccccn1)c1ncccc1CNC(=O)C1COC(=O)N1. The molecule has 2 aromatic heterocycles. The minimum absolute atomic E-state index is 0.0501. The van der Waals surface area contributed by atoms with Crippen LogP contribution in [0.1, 0.15) is 11.3 Å². The van der Waals surface area contributed by atoms with Gasteiger partial charge in [-0.2, -0.15) is 0 Å². The number of likely N-dealkylation sites (N-methyl/N-ethyl adjacent to an activating group) is 1. The average Bonchev–Trinajstić information content (AvgIpc) is 3.12. The highest BCUT2D eigenvalue weighted by Gasteiger charge is 2.28. The van der Waals surface area contributed by atoms with Gasteiger partial charge in [-0.1, -0.05) is 12.1 Å². The van der Waals surface area contributed by atoms with Crippen LogP contribution in [0.3, 0.4) is 0 Å². The summed E-state index contributed by atoms with van der Waals surface area (Å²) in [5, 5.41) is 5.28. The zero-order valence-electron chi connectivity index (χ0n) is 14.5. The zero-order chi connectivity index (χ0) is 18.4. The van der Waals surface area contributed by atoms with E-state index in [2.05, 4.69) is 20.6 Å². The highest BCUT2D eigenvalue weighted by molar-refractivity contribution is 5.87. The largest absolute Gasteiger partial charge is 0.447 e. The van der Waals surface area contributed by atoms with Crippen LogP contribution in [0.15, 0.2) is 42.7 Å². The van der Waals surface area contributed by atoms with Crippen molar-refractivity contribution >= 4 is 17.8 Å². The van der Waals surface area contributed by atoms with Gasteiger partial charge < -0.3 is 20.3 Å². The van der Waals surface area contributed by atoms with Crippen molar-refractivity contribution in [1.82, 2.24) is 20.6 Å². The summed E-state index contributed by atoms with van der Waals surface area (Å²) in [4.78, 5) is 33.9. The Labute approximate surface area is 151 Å². The highest BCUT2D eigenvalue weighted by Crippen LogP contribution is 2.16. The van der Waals surface area contributed by atoms with Gasteiger partial charge in [0.05, 0.1) is 0 Å². The van der Waals surface area contributed by atoms with Gasteiger partial charge in [-0.3, -0.25) is 9.78 Å². The lowest BCUT2D eigenvalue weighted by Gasteiger charge is -2.21. The number of nitrogens with one attached hydrogen (secondary N) is 2. The molecule has 0 spiro atoms. The highest BCUT2D eigenvalue weighted by atomic mass is 16.6. The number of ether oxygens (including phenoxy) is 1. The Hall–Kier alpha value is -3.16. The van der Waals surface area contributed by atoms with Crippen LogP contribution >= 0.6 is 0 Å². The predicted octanol–water partition coefficient (Wildman–Crippen LogP) is 0.880. The summed E-state index contributed by atoms with van der Waals surface area (Å²) in [7, 11) is 1.96. The molecule has 1 saturated heterocycles. The lowest BCUT2D eigenvalue weighted by molar-refractivity contribution is -0.122. The molecule has 2 aromatic rings. The number of anilines is 1. The van der Waals surface area contributed by atoms with Gasteiger partial charge in [0, 0.05) is 50.2 Å². The second kappa shape index (κ2) is 8.28. The van der Waals surface area contributed by atoms with E-state index in [0.29, 0.717) is 6.54 Å². The van der Waals surface area contributed by atoms with Gasteiger partial charge in [0.25, 0.3) is 0 Å². The molecule has 1 aliphatic rings. The van der Waals surface area contributed by atoms with E-state index < -0.39 is 12.1 Å². The number of carbonyl (C=O) groups is 2. The summed E-state index contributed by atoms with van der Waals surface area (Å²) in [5.74, 6) is 0.525. The van der Waals surface area contributed by atoms with Crippen LogP contribution in [0, 0.1) is 0 Å². The number of nitrogens with zero attached hydrogens (tertiary/aromatic N) is 3. The summed E-state index contributed by atoms with van der Waals surface area (Å²) in [5.41, 5.74) is 1.91. The van der Waals surface area contributed by atoms with Gasteiger partial charge in [0.15, 0.2) is 0 Å². The number of alkyl carbamates (subject to hydrolysis) is 1. The first kappa shape index (κ1) is 17.7. The van der Waals surface area contributed by atoms with Crippen molar-refractivity contribution in [2.75, 3.05) is 25.1 Å². The molecule has 1 aliphatic heterocycles. The standard InChI is InChI=1S/C18H21N5O3/c1-23(10-7-14-6-2-3-8-19-14)16-13(5-4-9-20-16)11-21-17(24)15-12-26-18(25)22-15/h2-6,8-9,15H,7,10-12H2,1H3,(H,21,24)(H,22,25). The Morgan fingerprint density at radius 3 is 2.88 bits per heavy atom. The third-order valence-corrected chi connectivity index (χ3v) is 4.10. The van der Waals surface area contributed by atoms with Crippen LogP contribution in [0.2, 0.25) is 0 Å². The first-order chi connectivity index (χ1) is 12.6. The normalized spacial score (nSPS) is 15.9. The van der Waals surface area contributed by atoms with Gasteiger partial charge in [-0.15, -0.1) is 0 Å². The molecule has 8 heteroatoms. The molecule has 0 aromatic carbocycles. The summed E-state index contributed by atoms with van der Waals surface area (Å²) in [6, 6.07) is 8.96. The molecular formula is C18H21N5O3. The van der Waals surface area contributed by atoms with Crippen molar-refractivity contribution in [2.24, 2.45) is 0 Å². The molecule has 136 valence electrons. The molecule has 0 aliphatic carbocycles. The molecule has 2 N–H and O–H groups in total. The fraction of sp³-hybridized carbons (Fsp3) is 0.333. The number of pyridine rings is 2. The summed E-state index contributed by atoms with van der Waals surface area (Å²) < 4.78 is 4.74. The van der Waals surface area contributed by atoms with E-state index in [4.69, 9.17) is 4.74 Å². The molecule has 1 fully saturated rings. The number of rotatable bonds is 7. The first-order valence-electron chi connectivity index (χ1n) is 8.39. The lowest BCUT2D eigenvalue weighted by Crippen LogP contribution is -2.42. The van der Waals surface area contributed by atoms with E-state index in [1.54, 1.807) is 12.4 Å². The Kier molecular flexibility index (Phi) is 5.62. The monoisotopic (exact) mass is 355 g/mol. The molecular weight excluding hydrogens is 334 g/mol. The molecule has 2 amide bonds. The number of carbonyl (C=O) groups excluding carboxylic acids is 2. The number of aromatic nitrogens is 2. The quantitative estimate of drug-likeness (QED) is 0.765. The zero-order valence-corrected chi connectivity index (χ0v) is 14.5. The summed E-state index contributed by atoms with van der Waals surface area (Å²) in [6.45, 7) is 1.12.